The van der Waals surface area contributed by atoms with Gasteiger partial charge in [-0.25, -0.2) is 0 Å². The summed E-state index contributed by atoms with van der Waals surface area (Å²) in [5.41, 5.74) is 8.36. The zero-order valence-electron chi connectivity index (χ0n) is 13.2. The highest BCUT2D eigenvalue weighted by molar-refractivity contribution is 7.98. The van der Waals surface area contributed by atoms with Crippen LogP contribution in [0.2, 0.25) is 0 Å². The Bertz CT molecular complexity index is 392. The fourth-order valence-electron chi connectivity index (χ4n) is 2.11. The highest BCUT2D eigenvalue weighted by Gasteiger charge is 2.07. The molecule has 0 fully saturated rings. The first-order valence-corrected chi connectivity index (χ1v) is 8.50. The standard InChI is InChI=1S/C16H28N2OS/c1-5-18(6-2)9-10-20-12-15-11-14(13(3)17)7-8-16(15)19-4/h7-8,11,13H,5-6,9-10,12,17H2,1-4H3. The van der Waals surface area contributed by atoms with Gasteiger partial charge in [0.05, 0.1) is 7.11 Å². The van der Waals surface area contributed by atoms with Crippen molar-refractivity contribution in [1.82, 2.24) is 4.90 Å². The van der Waals surface area contributed by atoms with E-state index in [-0.39, 0.29) is 6.04 Å². The summed E-state index contributed by atoms with van der Waals surface area (Å²) in [5, 5.41) is 0. The van der Waals surface area contributed by atoms with Gasteiger partial charge in [-0.05, 0) is 37.7 Å². The van der Waals surface area contributed by atoms with Gasteiger partial charge in [0.15, 0.2) is 0 Å². The largest absolute Gasteiger partial charge is 0.496 e. The van der Waals surface area contributed by atoms with Crippen LogP contribution in [0.1, 0.15) is 37.9 Å². The summed E-state index contributed by atoms with van der Waals surface area (Å²) in [6, 6.07) is 6.32. The van der Waals surface area contributed by atoms with E-state index in [4.69, 9.17) is 10.5 Å². The highest BCUT2D eigenvalue weighted by Crippen LogP contribution is 2.26. The number of rotatable bonds is 9. The van der Waals surface area contributed by atoms with Crippen LogP contribution in [0.15, 0.2) is 18.2 Å². The molecule has 1 rings (SSSR count). The molecule has 0 aliphatic carbocycles. The molecule has 0 saturated heterocycles. The lowest BCUT2D eigenvalue weighted by atomic mass is 10.1. The minimum Gasteiger partial charge on any atom is -0.496 e. The molecular formula is C16H28N2OS. The van der Waals surface area contributed by atoms with Gasteiger partial charge in [-0.1, -0.05) is 19.9 Å². The molecule has 0 aliphatic rings. The second kappa shape index (κ2) is 9.27. The first kappa shape index (κ1) is 17.3. The number of hydrogen-bond donors (Lipinski definition) is 1. The summed E-state index contributed by atoms with van der Waals surface area (Å²) in [6.45, 7) is 9.83. The molecule has 2 N–H and O–H groups in total. The Morgan fingerprint density at radius 1 is 1.30 bits per heavy atom. The van der Waals surface area contributed by atoms with Crippen LogP contribution in [-0.2, 0) is 5.75 Å². The van der Waals surface area contributed by atoms with Gasteiger partial charge in [0.1, 0.15) is 5.75 Å². The Morgan fingerprint density at radius 3 is 2.55 bits per heavy atom. The molecule has 0 saturated carbocycles. The maximum Gasteiger partial charge on any atom is 0.122 e. The van der Waals surface area contributed by atoms with Crippen molar-refractivity contribution in [3.63, 3.8) is 0 Å². The SMILES string of the molecule is CCN(CC)CCSCc1cc(C(C)N)ccc1OC. The maximum atomic E-state index is 5.95. The van der Waals surface area contributed by atoms with Crippen molar-refractivity contribution >= 4 is 11.8 Å². The Hall–Kier alpha value is -0.710. The number of thioether (sulfide) groups is 1. The van der Waals surface area contributed by atoms with Gasteiger partial charge in [0, 0.05) is 29.7 Å². The van der Waals surface area contributed by atoms with Crippen molar-refractivity contribution in [3.05, 3.63) is 29.3 Å². The smallest absolute Gasteiger partial charge is 0.122 e. The number of hydrogen-bond acceptors (Lipinski definition) is 4. The zero-order valence-corrected chi connectivity index (χ0v) is 14.0. The number of methoxy groups -OCH3 is 1. The van der Waals surface area contributed by atoms with Crippen LogP contribution in [0, 0.1) is 0 Å². The van der Waals surface area contributed by atoms with Gasteiger partial charge < -0.3 is 15.4 Å². The lowest BCUT2D eigenvalue weighted by molar-refractivity contribution is 0.324. The Labute approximate surface area is 127 Å². The van der Waals surface area contributed by atoms with Crippen molar-refractivity contribution in [1.29, 1.82) is 0 Å². The molecule has 4 heteroatoms. The molecule has 0 aliphatic heterocycles. The van der Waals surface area contributed by atoms with Crippen LogP contribution in [0.25, 0.3) is 0 Å². The van der Waals surface area contributed by atoms with E-state index in [1.807, 2.05) is 30.8 Å². The third kappa shape index (κ3) is 5.35. The maximum absolute atomic E-state index is 5.95. The molecular weight excluding hydrogens is 268 g/mol. The summed E-state index contributed by atoms with van der Waals surface area (Å²) >= 11 is 1.95. The van der Waals surface area contributed by atoms with Gasteiger partial charge in [-0.2, -0.15) is 11.8 Å². The van der Waals surface area contributed by atoms with E-state index in [1.54, 1.807) is 7.11 Å². The lowest BCUT2D eigenvalue weighted by Gasteiger charge is -2.17. The molecule has 0 spiro atoms. The van der Waals surface area contributed by atoms with Gasteiger partial charge in [0.2, 0.25) is 0 Å². The third-order valence-electron chi connectivity index (χ3n) is 3.53. The molecule has 1 aromatic carbocycles. The van der Waals surface area contributed by atoms with Crippen LogP contribution >= 0.6 is 11.8 Å². The normalized spacial score (nSPS) is 12.7. The van der Waals surface area contributed by atoms with Gasteiger partial charge >= 0.3 is 0 Å². The van der Waals surface area contributed by atoms with Gasteiger partial charge in [-0.15, -0.1) is 0 Å². The summed E-state index contributed by atoms with van der Waals surface area (Å²) in [5.74, 6) is 3.09. The van der Waals surface area contributed by atoms with Crippen LogP contribution in [-0.4, -0.2) is 37.4 Å². The summed E-state index contributed by atoms with van der Waals surface area (Å²) in [7, 11) is 1.73. The molecule has 1 atom stereocenters. The second-order valence-corrected chi connectivity index (χ2v) is 6.04. The van der Waals surface area contributed by atoms with Crippen molar-refractivity contribution in [2.75, 3.05) is 32.5 Å². The quantitative estimate of drug-likeness (QED) is 0.710. The van der Waals surface area contributed by atoms with Crippen molar-refractivity contribution < 1.29 is 4.74 Å². The van der Waals surface area contributed by atoms with E-state index in [9.17, 15) is 0 Å². The van der Waals surface area contributed by atoms with Crippen LogP contribution in [0.4, 0.5) is 0 Å². The predicted molar refractivity (Wildman–Crippen MR) is 89.5 cm³/mol. The Morgan fingerprint density at radius 2 is 2.00 bits per heavy atom. The molecule has 0 heterocycles. The topological polar surface area (TPSA) is 38.5 Å². The molecule has 114 valence electrons. The fourth-order valence-corrected chi connectivity index (χ4v) is 3.09. The molecule has 0 radical (unpaired) electrons. The molecule has 0 amide bonds. The Balaban J connectivity index is 2.55. The van der Waals surface area contributed by atoms with Crippen LogP contribution in [0.5, 0.6) is 5.75 Å². The number of nitrogens with zero attached hydrogens (tertiary/aromatic N) is 1. The van der Waals surface area contributed by atoms with E-state index < -0.39 is 0 Å². The molecule has 20 heavy (non-hydrogen) atoms. The molecule has 0 bridgehead atoms. The van der Waals surface area contributed by atoms with Crippen LogP contribution in [0.3, 0.4) is 0 Å². The molecule has 0 aromatic heterocycles. The summed E-state index contributed by atoms with van der Waals surface area (Å²) < 4.78 is 5.44. The minimum atomic E-state index is 0.0698. The third-order valence-corrected chi connectivity index (χ3v) is 4.52. The summed E-state index contributed by atoms with van der Waals surface area (Å²) in [4.78, 5) is 2.45. The average Bonchev–Trinajstić information content (AvgIpc) is 2.47. The van der Waals surface area contributed by atoms with Crippen LogP contribution < -0.4 is 10.5 Å². The van der Waals surface area contributed by atoms with E-state index in [1.165, 1.54) is 11.1 Å². The second-order valence-electron chi connectivity index (χ2n) is 4.94. The summed E-state index contributed by atoms with van der Waals surface area (Å²) in [6.07, 6.45) is 0. The first-order valence-electron chi connectivity index (χ1n) is 7.34. The van der Waals surface area contributed by atoms with E-state index in [0.29, 0.717) is 0 Å². The molecule has 1 unspecified atom stereocenters. The fraction of sp³-hybridized carbons (Fsp3) is 0.625. The predicted octanol–water partition coefficient (Wildman–Crippen LogP) is 3.29. The van der Waals surface area contributed by atoms with E-state index >= 15 is 0 Å². The number of ether oxygens (including phenoxy) is 1. The van der Waals surface area contributed by atoms with E-state index in [0.717, 1.165) is 36.9 Å². The van der Waals surface area contributed by atoms with Gasteiger partial charge in [-0.3, -0.25) is 0 Å². The average molecular weight is 296 g/mol. The number of nitrogens with two attached hydrogens (primary N) is 1. The lowest BCUT2D eigenvalue weighted by Crippen LogP contribution is -2.25. The number of benzene rings is 1. The molecule has 3 nitrogen and oxygen atoms in total. The first-order chi connectivity index (χ1) is 9.62. The van der Waals surface area contributed by atoms with Crippen molar-refractivity contribution in [2.24, 2.45) is 5.73 Å². The van der Waals surface area contributed by atoms with Gasteiger partial charge in [0.25, 0.3) is 0 Å². The zero-order chi connectivity index (χ0) is 15.0. The Kier molecular flexibility index (Phi) is 8.04. The monoisotopic (exact) mass is 296 g/mol. The minimum absolute atomic E-state index is 0.0698. The molecule has 1 aromatic rings. The van der Waals surface area contributed by atoms with Crippen molar-refractivity contribution in [2.45, 2.75) is 32.6 Å². The highest BCUT2D eigenvalue weighted by atomic mass is 32.2. The van der Waals surface area contributed by atoms with E-state index in [2.05, 4.69) is 24.8 Å². The van der Waals surface area contributed by atoms with Crippen molar-refractivity contribution in [3.8, 4) is 5.75 Å².